The summed E-state index contributed by atoms with van der Waals surface area (Å²) in [7, 11) is 0. The molecule has 4 aromatic carbocycles. The highest BCUT2D eigenvalue weighted by Gasteiger charge is 2.33. The predicted octanol–water partition coefficient (Wildman–Crippen LogP) is 5.81. The van der Waals surface area contributed by atoms with Gasteiger partial charge in [0, 0.05) is 17.7 Å². The molecule has 0 spiro atoms. The summed E-state index contributed by atoms with van der Waals surface area (Å²) in [5, 5.41) is 0. The number of nitrogens with zero attached hydrogens (tertiary/aromatic N) is 1. The van der Waals surface area contributed by atoms with E-state index >= 15 is 0 Å². The minimum atomic E-state index is -0.974. The molecule has 1 unspecified atom stereocenters. The molecule has 0 aliphatic heterocycles. The van der Waals surface area contributed by atoms with E-state index in [1.807, 2.05) is 65.5 Å². The average molecular weight is 497 g/mol. The van der Waals surface area contributed by atoms with E-state index in [9.17, 15) is 4.79 Å². The number of benzene rings is 4. The van der Waals surface area contributed by atoms with Gasteiger partial charge < -0.3 is 0 Å². The van der Waals surface area contributed by atoms with Crippen LogP contribution in [0.2, 0.25) is 5.82 Å². The molecule has 5 aromatic rings. The van der Waals surface area contributed by atoms with Gasteiger partial charge in [0.05, 0.1) is 6.15 Å². The second kappa shape index (κ2) is 13.3. The van der Waals surface area contributed by atoms with Gasteiger partial charge in [-0.1, -0.05) is 148 Å². The van der Waals surface area contributed by atoms with Crippen LogP contribution in [0.3, 0.4) is 0 Å². The fraction of sp³-hybridized carbons (Fsp3) is 0.143. The number of rotatable bonds is 8. The predicted molar refractivity (Wildman–Crippen MR) is 161 cm³/mol. The molecule has 1 atom stereocenters. The normalized spacial score (nSPS) is 11.6. The average Bonchev–Trinajstić information content (AvgIpc) is 3.00. The lowest BCUT2D eigenvalue weighted by molar-refractivity contribution is -0.683. The van der Waals surface area contributed by atoms with Crippen molar-refractivity contribution >= 4 is 28.3 Å². The standard InChI is InChI=1S/C22H24B.C13H12NO/c1-3-19(2)23(20-13-7-4-8-14-20,21-15-9-5-10-16-21)22-17-11-6-12-18-22;15-13(12-7-3-1-4-8-12)11-14-9-5-2-6-10-14/h4-19H,3H2,1-2H3;1-10H,11H2/q-1;+1. The highest BCUT2D eigenvalue weighted by atomic mass is 16.1. The van der Waals surface area contributed by atoms with Crippen molar-refractivity contribution in [2.45, 2.75) is 32.6 Å². The summed E-state index contributed by atoms with van der Waals surface area (Å²) in [5.74, 6) is 0.689. The Balaban J connectivity index is 0.000000194. The second-order valence-corrected chi connectivity index (χ2v) is 9.89. The Morgan fingerprint density at radius 3 is 1.37 bits per heavy atom. The lowest BCUT2D eigenvalue weighted by Gasteiger charge is -2.48. The summed E-state index contributed by atoms with van der Waals surface area (Å²) in [6.45, 7) is 5.09. The Bertz CT molecular complexity index is 1280. The third-order valence-corrected chi connectivity index (χ3v) is 7.67. The maximum absolute atomic E-state index is 11.8. The van der Waals surface area contributed by atoms with E-state index in [0.717, 1.165) is 12.0 Å². The number of hydrogen-bond donors (Lipinski definition) is 0. The van der Waals surface area contributed by atoms with Crippen molar-refractivity contribution in [2.24, 2.45) is 0 Å². The van der Waals surface area contributed by atoms with Gasteiger partial charge in [0.15, 0.2) is 12.4 Å². The third-order valence-electron chi connectivity index (χ3n) is 7.67. The van der Waals surface area contributed by atoms with E-state index in [2.05, 4.69) is 105 Å². The SMILES string of the molecule is CCC(C)[B-](c1ccccc1)(c1ccccc1)c1ccccc1.O=C(C[n+]1ccccc1)c1ccccc1. The van der Waals surface area contributed by atoms with Crippen LogP contribution in [0, 0.1) is 0 Å². The molecule has 0 radical (unpaired) electrons. The molecule has 1 heterocycles. The van der Waals surface area contributed by atoms with Crippen LogP contribution in [0.5, 0.6) is 0 Å². The van der Waals surface area contributed by atoms with Crippen molar-refractivity contribution in [3.8, 4) is 0 Å². The zero-order chi connectivity index (χ0) is 26.6. The second-order valence-electron chi connectivity index (χ2n) is 9.89. The molecule has 0 amide bonds. The molecule has 0 saturated carbocycles. The molecule has 0 aliphatic carbocycles. The first-order valence-electron chi connectivity index (χ1n) is 13.5. The number of hydrogen-bond acceptors (Lipinski definition) is 1. The molecular weight excluding hydrogens is 461 g/mol. The number of carbonyl (C=O) groups is 1. The van der Waals surface area contributed by atoms with E-state index in [0.29, 0.717) is 12.4 Å². The highest BCUT2D eigenvalue weighted by molar-refractivity contribution is 7.12. The molecule has 0 bridgehead atoms. The molecule has 190 valence electrons. The topological polar surface area (TPSA) is 20.9 Å². The summed E-state index contributed by atoms with van der Waals surface area (Å²) in [5.41, 5.74) is 5.05. The highest BCUT2D eigenvalue weighted by Crippen LogP contribution is 2.25. The van der Waals surface area contributed by atoms with Crippen molar-refractivity contribution in [1.82, 2.24) is 0 Å². The van der Waals surface area contributed by atoms with Crippen LogP contribution in [-0.4, -0.2) is 11.9 Å². The molecule has 5 rings (SSSR count). The third kappa shape index (κ3) is 6.18. The molecule has 0 N–H and O–H groups in total. The Morgan fingerprint density at radius 1 is 0.605 bits per heavy atom. The van der Waals surface area contributed by atoms with E-state index in [-0.39, 0.29) is 5.78 Å². The van der Waals surface area contributed by atoms with E-state index in [4.69, 9.17) is 0 Å². The minimum absolute atomic E-state index is 0.131. The minimum Gasteiger partial charge on any atom is -0.287 e. The summed E-state index contributed by atoms with van der Waals surface area (Å²) in [4.78, 5) is 11.8. The van der Waals surface area contributed by atoms with E-state index in [1.165, 1.54) is 16.4 Å². The van der Waals surface area contributed by atoms with Gasteiger partial charge in [-0.2, -0.15) is 26.8 Å². The quantitative estimate of drug-likeness (QED) is 0.151. The van der Waals surface area contributed by atoms with Crippen molar-refractivity contribution < 1.29 is 9.36 Å². The fourth-order valence-electron chi connectivity index (χ4n) is 5.61. The molecule has 0 saturated heterocycles. The molecule has 2 nitrogen and oxygen atoms in total. The number of aromatic nitrogens is 1. The van der Waals surface area contributed by atoms with Crippen LogP contribution in [0.4, 0.5) is 0 Å². The van der Waals surface area contributed by atoms with Crippen molar-refractivity contribution in [3.05, 3.63) is 157 Å². The van der Waals surface area contributed by atoms with Crippen molar-refractivity contribution in [3.63, 3.8) is 0 Å². The first kappa shape index (κ1) is 26.8. The maximum atomic E-state index is 11.8. The number of carbonyl (C=O) groups excluding carboxylic acids is 1. The van der Waals surface area contributed by atoms with E-state index in [1.54, 1.807) is 0 Å². The van der Waals surface area contributed by atoms with E-state index < -0.39 is 6.15 Å². The van der Waals surface area contributed by atoms with Crippen LogP contribution < -0.4 is 21.0 Å². The smallest absolute Gasteiger partial charge is 0.227 e. The summed E-state index contributed by atoms with van der Waals surface area (Å²) >= 11 is 0. The monoisotopic (exact) mass is 497 g/mol. The van der Waals surface area contributed by atoms with Gasteiger partial charge in [-0.05, 0) is 0 Å². The Hall–Kier alpha value is -4.24. The van der Waals surface area contributed by atoms with Gasteiger partial charge in [-0.25, -0.2) is 0 Å². The van der Waals surface area contributed by atoms with Crippen LogP contribution in [0.25, 0.3) is 0 Å². The van der Waals surface area contributed by atoms with Crippen LogP contribution in [0.1, 0.15) is 30.6 Å². The first-order chi connectivity index (χ1) is 18.7. The molecule has 0 aliphatic rings. The summed E-state index contributed by atoms with van der Waals surface area (Å²) in [6, 6.07) is 48.2. The molecule has 3 heteroatoms. The molecule has 1 aromatic heterocycles. The molecule has 0 fully saturated rings. The van der Waals surface area contributed by atoms with Crippen LogP contribution >= 0.6 is 0 Å². The maximum Gasteiger partial charge on any atom is 0.227 e. The number of ketones is 1. The van der Waals surface area contributed by atoms with Crippen LogP contribution in [-0.2, 0) is 6.54 Å². The van der Waals surface area contributed by atoms with Gasteiger partial charge in [-0.3, -0.25) is 4.79 Å². The number of pyridine rings is 1. The Morgan fingerprint density at radius 2 is 0.974 bits per heavy atom. The largest absolute Gasteiger partial charge is 0.287 e. The fourth-order valence-corrected chi connectivity index (χ4v) is 5.61. The Kier molecular flexibility index (Phi) is 9.42. The Labute approximate surface area is 227 Å². The van der Waals surface area contributed by atoms with Gasteiger partial charge in [-0.15, -0.1) is 0 Å². The molecular formula is C35H36BNO. The van der Waals surface area contributed by atoms with Gasteiger partial charge in [0.1, 0.15) is 0 Å². The zero-order valence-corrected chi connectivity index (χ0v) is 22.4. The zero-order valence-electron chi connectivity index (χ0n) is 22.4. The van der Waals surface area contributed by atoms with Gasteiger partial charge >= 0.3 is 0 Å². The summed E-state index contributed by atoms with van der Waals surface area (Å²) < 4.78 is 1.87. The first-order valence-corrected chi connectivity index (χ1v) is 13.5. The summed E-state index contributed by atoms with van der Waals surface area (Å²) in [6.07, 6.45) is 3.96. The lowest BCUT2D eigenvalue weighted by Crippen LogP contribution is -2.69. The van der Waals surface area contributed by atoms with Gasteiger partial charge in [0.25, 0.3) is 0 Å². The van der Waals surface area contributed by atoms with Crippen LogP contribution in [0.15, 0.2) is 152 Å². The lowest BCUT2D eigenvalue weighted by atomic mass is 9.10. The number of Topliss-reactive ketones (excluding diaryl/α,β-unsaturated/α-hetero) is 1. The van der Waals surface area contributed by atoms with Gasteiger partial charge in [0.2, 0.25) is 12.3 Å². The van der Waals surface area contributed by atoms with Crippen molar-refractivity contribution in [2.75, 3.05) is 0 Å². The van der Waals surface area contributed by atoms with Crippen molar-refractivity contribution in [1.29, 1.82) is 0 Å². The molecule has 38 heavy (non-hydrogen) atoms.